The molecule has 0 bridgehead atoms. The zero-order valence-corrected chi connectivity index (χ0v) is 18.7. The molecule has 0 atom stereocenters. The van der Waals surface area contributed by atoms with Gasteiger partial charge in [0.15, 0.2) is 0 Å². The zero-order chi connectivity index (χ0) is 20.3. The molecule has 0 amide bonds. The third kappa shape index (κ3) is 7.24. The summed E-state index contributed by atoms with van der Waals surface area (Å²) in [6.07, 6.45) is 17.3. The lowest BCUT2D eigenvalue weighted by molar-refractivity contribution is 0.259. The van der Waals surface area contributed by atoms with Crippen LogP contribution in [-0.2, 0) is 12.8 Å². The first kappa shape index (κ1) is 22.0. The van der Waals surface area contributed by atoms with E-state index in [1.807, 2.05) is 0 Å². The summed E-state index contributed by atoms with van der Waals surface area (Å²) in [4.78, 5) is 0. The van der Waals surface area contributed by atoms with E-state index < -0.39 is 0 Å². The van der Waals surface area contributed by atoms with Gasteiger partial charge in [0.2, 0.25) is 0 Å². The SMILES string of the molecule is CCCCCCCc1ccc(-c2ccc(CCC3CCC(CC)CC3)cc2)nn1. The van der Waals surface area contributed by atoms with E-state index in [9.17, 15) is 0 Å². The Kier molecular flexibility index (Phi) is 9.18. The molecule has 2 nitrogen and oxygen atoms in total. The highest BCUT2D eigenvalue weighted by atomic mass is 15.1. The molecule has 0 aliphatic heterocycles. The summed E-state index contributed by atoms with van der Waals surface area (Å²) in [5.41, 5.74) is 4.76. The van der Waals surface area contributed by atoms with Crippen molar-refractivity contribution in [1.82, 2.24) is 10.2 Å². The molecule has 0 spiro atoms. The van der Waals surface area contributed by atoms with Crippen LogP contribution in [0.2, 0.25) is 0 Å². The topological polar surface area (TPSA) is 25.8 Å². The van der Waals surface area contributed by atoms with Gasteiger partial charge in [-0.15, -0.1) is 0 Å². The van der Waals surface area contributed by atoms with Crippen molar-refractivity contribution >= 4 is 0 Å². The first-order chi connectivity index (χ1) is 14.3. The molecule has 158 valence electrons. The predicted octanol–water partition coefficient (Wildman–Crippen LogP) is 7.81. The molecular formula is C27H40N2. The zero-order valence-electron chi connectivity index (χ0n) is 18.7. The first-order valence-electron chi connectivity index (χ1n) is 12.2. The van der Waals surface area contributed by atoms with Gasteiger partial charge in [-0.25, -0.2) is 0 Å². The van der Waals surface area contributed by atoms with Crippen molar-refractivity contribution in [2.45, 2.75) is 97.3 Å². The fraction of sp³-hybridized carbons (Fsp3) is 0.630. The van der Waals surface area contributed by atoms with E-state index in [1.54, 1.807) is 0 Å². The Balaban J connectivity index is 1.43. The molecule has 1 fully saturated rings. The molecule has 29 heavy (non-hydrogen) atoms. The van der Waals surface area contributed by atoms with Gasteiger partial charge in [0, 0.05) is 5.56 Å². The third-order valence-electron chi connectivity index (χ3n) is 6.89. The number of nitrogens with zero attached hydrogens (tertiary/aromatic N) is 2. The van der Waals surface area contributed by atoms with E-state index >= 15 is 0 Å². The summed E-state index contributed by atoms with van der Waals surface area (Å²) in [6, 6.07) is 13.3. The summed E-state index contributed by atoms with van der Waals surface area (Å²) >= 11 is 0. The van der Waals surface area contributed by atoms with Crippen molar-refractivity contribution in [3.8, 4) is 11.3 Å². The van der Waals surface area contributed by atoms with Gasteiger partial charge < -0.3 is 0 Å². The van der Waals surface area contributed by atoms with Crippen molar-refractivity contribution in [2.24, 2.45) is 11.8 Å². The van der Waals surface area contributed by atoms with Crippen LogP contribution in [0, 0.1) is 11.8 Å². The van der Waals surface area contributed by atoms with Crippen LogP contribution in [0.4, 0.5) is 0 Å². The first-order valence-corrected chi connectivity index (χ1v) is 12.2. The van der Waals surface area contributed by atoms with E-state index in [0.717, 1.165) is 29.6 Å². The minimum atomic E-state index is 0.942. The predicted molar refractivity (Wildman–Crippen MR) is 124 cm³/mol. The van der Waals surface area contributed by atoms with Crippen LogP contribution in [0.1, 0.15) is 95.7 Å². The Morgan fingerprint density at radius 1 is 0.724 bits per heavy atom. The molecule has 2 heteroatoms. The minimum absolute atomic E-state index is 0.942. The highest BCUT2D eigenvalue weighted by Crippen LogP contribution is 2.33. The van der Waals surface area contributed by atoms with Crippen molar-refractivity contribution in [3.05, 3.63) is 47.7 Å². The van der Waals surface area contributed by atoms with Crippen LogP contribution >= 0.6 is 0 Å². The Morgan fingerprint density at radius 2 is 1.45 bits per heavy atom. The summed E-state index contributed by atoms with van der Waals surface area (Å²) in [6.45, 7) is 4.61. The second-order valence-electron chi connectivity index (χ2n) is 9.10. The highest BCUT2D eigenvalue weighted by Gasteiger charge is 2.19. The summed E-state index contributed by atoms with van der Waals surface area (Å²) < 4.78 is 0. The number of unbranched alkanes of at least 4 members (excludes halogenated alkanes) is 4. The van der Waals surface area contributed by atoms with E-state index in [-0.39, 0.29) is 0 Å². The van der Waals surface area contributed by atoms with Crippen molar-refractivity contribution in [2.75, 3.05) is 0 Å². The van der Waals surface area contributed by atoms with Crippen LogP contribution in [0.3, 0.4) is 0 Å². The average Bonchev–Trinajstić information content (AvgIpc) is 2.79. The average molecular weight is 393 g/mol. The van der Waals surface area contributed by atoms with Gasteiger partial charge >= 0.3 is 0 Å². The number of aromatic nitrogens is 2. The monoisotopic (exact) mass is 392 g/mol. The van der Waals surface area contributed by atoms with Crippen molar-refractivity contribution in [1.29, 1.82) is 0 Å². The van der Waals surface area contributed by atoms with E-state index in [2.05, 4.69) is 60.4 Å². The number of benzene rings is 1. The fourth-order valence-electron chi connectivity index (χ4n) is 4.70. The summed E-state index contributed by atoms with van der Waals surface area (Å²) in [7, 11) is 0. The normalized spacial score (nSPS) is 19.4. The smallest absolute Gasteiger partial charge is 0.0929 e. The molecule has 1 aromatic carbocycles. The number of hydrogen-bond donors (Lipinski definition) is 0. The van der Waals surface area contributed by atoms with Crippen LogP contribution in [0.5, 0.6) is 0 Å². The molecule has 0 unspecified atom stereocenters. The molecule has 1 aromatic heterocycles. The van der Waals surface area contributed by atoms with E-state index in [4.69, 9.17) is 0 Å². The highest BCUT2D eigenvalue weighted by molar-refractivity contribution is 5.58. The Hall–Kier alpha value is -1.70. The maximum Gasteiger partial charge on any atom is 0.0929 e. The van der Waals surface area contributed by atoms with Crippen LogP contribution < -0.4 is 0 Å². The van der Waals surface area contributed by atoms with Gasteiger partial charge in [0.25, 0.3) is 0 Å². The fourth-order valence-corrected chi connectivity index (χ4v) is 4.70. The molecule has 0 saturated heterocycles. The van der Waals surface area contributed by atoms with Gasteiger partial charge in [0.1, 0.15) is 0 Å². The molecule has 1 aliphatic rings. The van der Waals surface area contributed by atoms with Crippen molar-refractivity contribution < 1.29 is 0 Å². The molecule has 1 heterocycles. The minimum Gasteiger partial charge on any atom is -0.155 e. The number of aryl methyl sites for hydroxylation is 2. The molecule has 2 aromatic rings. The van der Waals surface area contributed by atoms with Gasteiger partial charge in [-0.05, 0) is 55.2 Å². The quantitative estimate of drug-likeness (QED) is 0.364. The number of hydrogen-bond acceptors (Lipinski definition) is 2. The van der Waals surface area contributed by atoms with E-state index in [1.165, 1.54) is 88.2 Å². The lowest BCUT2D eigenvalue weighted by Crippen LogP contribution is -2.14. The van der Waals surface area contributed by atoms with Gasteiger partial charge in [0.05, 0.1) is 11.4 Å². The van der Waals surface area contributed by atoms with Crippen LogP contribution in [0.25, 0.3) is 11.3 Å². The maximum atomic E-state index is 4.48. The van der Waals surface area contributed by atoms with Crippen LogP contribution in [-0.4, -0.2) is 10.2 Å². The molecule has 1 aliphatic carbocycles. The Labute approximate surface area is 178 Å². The van der Waals surface area contributed by atoms with Crippen molar-refractivity contribution in [3.63, 3.8) is 0 Å². The molecule has 1 saturated carbocycles. The molecule has 3 rings (SSSR count). The molecule has 0 N–H and O–H groups in total. The van der Waals surface area contributed by atoms with Gasteiger partial charge in [-0.1, -0.05) is 95.9 Å². The standard InChI is InChI=1S/C27H40N2/c1-3-5-6-7-8-9-26-20-21-27(29-28-26)25-18-16-24(17-19-25)15-14-23-12-10-22(4-2)11-13-23/h16-23H,3-15H2,1-2H3. The van der Waals surface area contributed by atoms with Crippen LogP contribution in [0.15, 0.2) is 36.4 Å². The Bertz CT molecular complexity index is 681. The molecule has 0 radical (unpaired) electrons. The maximum absolute atomic E-state index is 4.48. The largest absolute Gasteiger partial charge is 0.155 e. The second kappa shape index (κ2) is 12.1. The summed E-state index contributed by atoms with van der Waals surface area (Å²) in [5, 5.41) is 8.93. The van der Waals surface area contributed by atoms with E-state index in [0.29, 0.717) is 0 Å². The lowest BCUT2D eigenvalue weighted by atomic mass is 9.78. The second-order valence-corrected chi connectivity index (χ2v) is 9.10. The van der Waals surface area contributed by atoms with Gasteiger partial charge in [-0.3, -0.25) is 0 Å². The lowest BCUT2D eigenvalue weighted by Gasteiger charge is -2.27. The number of rotatable bonds is 11. The Morgan fingerprint density at radius 3 is 2.10 bits per heavy atom. The summed E-state index contributed by atoms with van der Waals surface area (Å²) in [5.74, 6) is 1.94. The third-order valence-corrected chi connectivity index (χ3v) is 6.89. The van der Waals surface area contributed by atoms with Gasteiger partial charge in [-0.2, -0.15) is 10.2 Å². The molecular weight excluding hydrogens is 352 g/mol.